The molecule has 0 saturated carbocycles. The maximum atomic E-state index is 11.1. The fourth-order valence-corrected chi connectivity index (χ4v) is 2.31. The fraction of sp³-hybridized carbons (Fsp3) is 0.500. The number of primary amides is 1. The number of rotatable bonds is 4. The predicted octanol–water partition coefficient (Wildman–Crippen LogP) is 0.976. The predicted molar refractivity (Wildman–Crippen MR) is 70.2 cm³/mol. The monoisotopic (exact) mass is 248 g/mol. The first-order chi connectivity index (χ1) is 8.66. The van der Waals surface area contributed by atoms with Gasteiger partial charge in [0.15, 0.2) is 0 Å². The second-order valence-electron chi connectivity index (χ2n) is 4.83. The number of nitrogens with two attached hydrogens (primary N) is 1. The highest BCUT2D eigenvalue weighted by Crippen LogP contribution is 2.17. The van der Waals surface area contributed by atoms with E-state index in [1.807, 2.05) is 6.07 Å². The summed E-state index contributed by atoms with van der Waals surface area (Å²) in [7, 11) is 0. The summed E-state index contributed by atoms with van der Waals surface area (Å²) in [4.78, 5) is 13.4. The molecule has 1 aromatic rings. The Morgan fingerprint density at radius 2 is 2.22 bits per heavy atom. The van der Waals surface area contributed by atoms with Crippen LogP contribution in [0.15, 0.2) is 30.3 Å². The molecule has 2 atom stereocenters. The summed E-state index contributed by atoms with van der Waals surface area (Å²) in [5.41, 5.74) is 6.60. The normalized spacial score (nSPS) is 22.6. The Morgan fingerprint density at radius 3 is 2.89 bits per heavy atom. The molecule has 0 unspecified atom stereocenters. The number of ether oxygens (including phenoxy) is 1. The van der Waals surface area contributed by atoms with Crippen molar-refractivity contribution >= 4 is 5.91 Å². The summed E-state index contributed by atoms with van der Waals surface area (Å²) in [5, 5.41) is 0. The molecule has 1 aromatic carbocycles. The number of hydrogen-bond acceptors (Lipinski definition) is 3. The molecule has 18 heavy (non-hydrogen) atoms. The lowest BCUT2D eigenvalue weighted by atomic mass is 10.0. The highest BCUT2D eigenvalue weighted by molar-refractivity contribution is 5.79. The summed E-state index contributed by atoms with van der Waals surface area (Å²) in [6, 6.07) is 10.4. The molecule has 0 radical (unpaired) electrons. The molecule has 4 heteroatoms. The lowest BCUT2D eigenvalue weighted by Crippen LogP contribution is -2.49. The van der Waals surface area contributed by atoms with Gasteiger partial charge in [-0.15, -0.1) is 0 Å². The van der Waals surface area contributed by atoms with Crippen LogP contribution in [0.3, 0.4) is 0 Å². The van der Waals surface area contributed by atoms with Gasteiger partial charge in [0.25, 0.3) is 0 Å². The van der Waals surface area contributed by atoms with Gasteiger partial charge in [-0.1, -0.05) is 37.3 Å². The van der Waals surface area contributed by atoms with Crippen LogP contribution in [0, 0.1) is 0 Å². The van der Waals surface area contributed by atoms with Crippen LogP contribution in [-0.2, 0) is 9.53 Å². The Balaban J connectivity index is 1.91. The quantitative estimate of drug-likeness (QED) is 0.864. The van der Waals surface area contributed by atoms with Crippen LogP contribution in [0.4, 0.5) is 0 Å². The van der Waals surface area contributed by atoms with Gasteiger partial charge in [-0.05, 0) is 11.5 Å². The summed E-state index contributed by atoms with van der Waals surface area (Å²) < 4.78 is 5.34. The van der Waals surface area contributed by atoms with Gasteiger partial charge < -0.3 is 10.5 Å². The summed E-state index contributed by atoms with van der Waals surface area (Å²) in [6.45, 7) is 5.17. The maximum absolute atomic E-state index is 11.1. The fourth-order valence-electron chi connectivity index (χ4n) is 2.31. The summed E-state index contributed by atoms with van der Waals surface area (Å²) >= 11 is 0. The minimum absolute atomic E-state index is 0.368. The molecule has 1 aliphatic heterocycles. The number of nitrogens with zero attached hydrogens (tertiary/aromatic N) is 1. The van der Waals surface area contributed by atoms with Gasteiger partial charge in [0.2, 0.25) is 5.91 Å². The van der Waals surface area contributed by atoms with Crippen molar-refractivity contribution < 1.29 is 9.53 Å². The van der Waals surface area contributed by atoms with E-state index >= 15 is 0 Å². The highest BCUT2D eigenvalue weighted by Gasteiger charge is 2.25. The third-order valence-electron chi connectivity index (χ3n) is 3.37. The Bertz CT molecular complexity index is 394. The van der Waals surface area contributed by atoms with Crippen LogP contribution < -0.4 is 5.73 Å². The van der Waals surface area contributed by atoms with E-state index in [0.717, 1.165) is 13.1 Å². The first-order valence-corrected chi connectivity index (χ1v) is 6.35. The molecule has 4 nitrogen and oxygen atoms in total. The zero-order valence-electron chi connectivity index (χ0n) is 10.7. The molecule has 0 spiro atoms. The van der Waals surface area contributed by atoms with Crippen LogP contribution in [-0.4, -0.2) is 43.2 Å². The highest BCUT2D eigenvalue weighted by atomic mass is 16.5. The molecule has 0 bridgehead atoms. The van der Waals surface area contributed by atoms with E-state index in [4.69, 9.17) is 10.5 Å². The van der Waals surface area contributed by atoms with E-state index in [0.29, 0.717) is 19.1 Å². The molecule has 1 heterocycles. The van der Waals surface area contributed by atoms with Crippen molar-refractivity contribution in [1.29, 1.82) is 0 Å². The first-order valence-electron chi connectivity index (χ1n) is 6.35. The molecular weight excluding hydrogens is 228 g/mol. The van der Waals surface area contributed by atoms with Crippen LogP contribution in [0.25, 0.3) is 0 Å². The Hall–Kier alpha value is -1.39. The van der Waals surface area contributed by atoms with Gasteiger partial charge in [0.1, 0.15) is 6.10 Å². The largest absolute Gasteiger partial charge is 0.367 e. The lowest BCUT2D eigenvalue weighted by molar-refractivity contribution is -0.135. The number of hydrogen-bond donors (Lipinski definition) is 1. The number of morpholine rings is 1. The van der Waals surface area contributed by atoms with E-state index in [2.05, 4.69) is 36.1 Å². The SMILES string of the molecule is C[C@@H](CN1CCO[C@H](C(N)=O)C1)c1ccccc1. The van der Waals surface area contributed by atoms with E-state index in [9.17, 15) is 4.79 Å². The molecule has 2 N–H and O–H groups in total. The van der Waals surface area contributed by atoms with E-state index in [1.54, 1.807) is 0 Å². The van der Waals surface area contributed by atoms with E-state index in [1.165, 1.54) is 5.56 Å². The van der Waals surface area contributed by atoms with Crippen LogP contribution >= 0.6 is 0 Å². The minimum atomic E-state index is -0.457. The van der Waals surface area contributed by atoms with E-state index < -0.39 is 6.10 Å². The van der Waals surface area contributed by atoms with Crippen LogP contribution in [0.5, 0.6) is 0 Å². The van der Waals surface area contributed by atoms with Gasteiger partial charge in [-0.3, -0.25) is 9.69 Å². The van der Waals surface area contributed by atoms with Crippen molar-refractivity contribution in [2.45, 2.75) is 18.9 Å². The van der Waals surface area contributed by atoms with Gasteiger partial charge >= 0.3 is 0 Å². The van der Waals surface area contributed by atoms with Gasteiger partial charge in [0, 0.05) is 19.6 Å². The number of benzene rings is 1. The maximum Gasteiger partial charge on any atom is 0.247 e. The van der Waals surface area contributed by atoms with Crippen LogP contribution in [0.2, 0.25) is 0 Å². The van der Waals surface area contributed by atoms with Crippen LogP contribution in [0.1, 0.15) is 18.4 Å². The second-order valence-corrected chi connectivity index (χ2v) is 4.83. The van der Waals surface area contributed by atoms with Crippen molar-refractivity contribution in [3.8, 4) is 0 Å². The standard InChI is InChI=1S/C14H20N2O2/c1-11(12-5-3-2-4-6-12)9-16-7-8-18-13(10-16)14(15)17/h2-6,11,13H,7-10H2,1H3,(H2,15,17)/t11-,13-/m0/s1. The lowest BCUT2D eigenvalue weighted by Gasteiger charge is -2.33. The smallest absolute Gasteiger partial charge is 0.247 e. The third-order valence-corrected chi connectivity index (χ3v) is 3.37. The summed E-state index contributed by atoms with van der Waals surface area (Å²) in [5.74, 6) is 0.0740. The van der Waals surface area contributed by atoms with Crippen molar-refractivity contribution in [2.24, 2.45) is 5.73 Å². The van der Waals surface area contributed by atoms with Gasteiger partial charge in [0.05, 0.1) is 6.61 Å². The Kier molecular flexibility index (Phi) is 4.33. The number of carbonyl (C=O) groups is 1. The average molecular weight is 248 g/mol. The number of carbonyl (C=O) groups excluding carboxylic acids is 1. The molecule has 2 rings (SSSR count). The molecule has 1 fully saturated rings. The molecule has 1 aliphatic rings. The average Bonchev–Trinajstić information content (AvgIpc) is 2.40. The molecule has 0 aliphatic carbocycles. The van der Waals surface area contributed by atoms with Gasteiger partial charge in [-0.2, -0.15) is 0 Å². The first kappa shape index (κ1) is 13.1. The molecule has 1 amide bonds. The third kappa shape index (κ3) is 3.31. The zero-order chi connectivity index (χ0) is 13.0. The second kappa shape index (κ2) is 5.98. The van der Waals surface area contributed by atoms with Gasteiger partial charge in [-0.25, -0.2) is 0 Å². The Labute approximate surface area is 108 Å². The Morgan fingerprint density at radius 1 is 1.50 bits per heavy atom. The van der Waals surface area contributed by atoms with Crippen molar-refractivity contribution in [1.82, 2.24) is 4.90 Å². The number of amides is 1. The van der Waals surface area contributed by atoms with Crippen molar-refractivity contribution in [2.75, 3.05) is 26.2 Å². The van der Waals surface area contributed by atoms with Crippen molar-refractivity contribution in [3.63, 3.8) is 0 Å². The molecule has 0 aromatic heterocycles. The minimum Gasteiger partial charge on any atom is -0.367 e. The topological polar surface area (TPSA) is 55.6 Å². The van der Waals surface area contributed by atoms with E-state index in [-0.39, 0.29) is 5.91 Å². The summed E-state index contributed by atoms with van der Waals surface area (Å²) in [6.07, 6.45) is -0.457. The zero-order valence-corrected chi connectivity index (χ0v) is 10.7. The molecule has 98 valence electrons. The molecular formula is C14H20N2O2. The molecule has 1 saturated heterocycles. The van der Waals surface area contributed by atoms with Crippen molar-refractivity contribution in [3.05, 3.63) is 35.9 Å².